The fourth-order valence-electron chi connectivity index (χ4n) is 2.19. The van der Waals surface area contributed by atoms with E-state index in [4.69, 9.17) is 0 Å². The quantitative estimate of drug-likeness (QED) is 0.731. The number of hydrogen-bond acceptors (Lipinski definition) is 3. The van der Waals surface area contributed by atoms with Crippen LogP contribution in [0.3, 0.4) is 0 Å². The molecular formula is C18H23ClN2OS. The van der Waals surface area contributed by atoms with Gasteiger partial charge in [0, 0.05) is 24.8 Å². The van der Waals surface area contributed by atoms with Crippen molar-refractivity contribution in [2.45, 2.75) is 6.42 Å². The lowest BCUT2D eigenvalue weighted by Gasteiger charge is -2.08. The summed E-state index contributed by atoms with van der Waals surface area (Å²) in [6, 6.07) is 15.9. The zero-order chi connectivity index (χ0) is 15.8. The van der Waals surface area contributed by atoms with Crippen LogP contribution in [0.15, 0.2) is 48.5 Å². The van der Waals surface area contributed by atoms with Crippen LogP contribution in [0.1, 0.15) is 16.8 Å². The number of nitrogens with one attached hydrogen (secondary N) is 2. The Kier molecular flexibility index (Phi) is 8.59. The summed E-state index contributed by atoms with van der Waals surface area (Å²) in [4.78, 5) is 12.2. The molecular weight excluding hydrogens is 328 g/mol. The van der Waals surface area contributed by atoms with E-state index >= 15 is 0 Å². The van der Waals surface area contributed by atoms with E-state index in [0.717, 1.165) is 35.5 Å². The lowest BCUT2D eigenvalue weighted by atomic mass is 10.0. The molecule has 2 N–H and O–H groups in total. The van der Waals surface area contributed by atoms with Crippen molar-refractivity contribution in [3.05, 3.63) is 54.1 Å². The summed E-state index contributed by atoms with van der Waals surface area (Å²) in [6.45, 7) is 0.723. The smallest absolute Gasteiger partial charge is 0.251 e. The molecule has 0 saturated heterocycles. The van der Waals surface area contributed by atoms with Gasteiger partial charge in [0.2, 0.25) is 0 Å². The molecule has 0 spiro atoms. The number of halogens is 1. The number of carbonyl (C=O) groups is 1. The van der Waals surface area contributed by atoms with E-state index in [0.29, 0.717) is 5.56 Å². The molecule has 0 bridgehead atoms. The van der Waals surface area contributed by atoms with Gasteiger partial charge in [0.1, 0.15) is 0 Å². The predicted octanol–water partition coefficient (Wildman–Crippen LogP) is 4.30. The lowest BCUT2D eigenvalue weighted by Crippen LogP contribution is -2.24. The Labute approximate surface area is 148 Å². The second-order valence-electron chi connectivity index (χ2n) is 5.01. The van der Waals surface area contributed by atoms with Crippen LogP contribution in [0, 0.1) is 0 Å². The molecule has 0 saturated carbocycles. The van der Waals surface area contributed by atoms with Gasteiger partial charge in [-0.2, -0.15) is 11.8 Å². The number of benzene rings is 2. The van der Waals surface area contributed by atoms with E-state index in [9.17, 15) is 4.79 Å². The summed E-state index contributed by atoms with van der Waals surface area (Å²) < 4.78 is 0. The molecule has 0 heterocycles. The number of anilines is 1. The number of amides is 1. The van der Waals surface area contributed by atoms with Crippen molar-refractivity contribution >= 4 is 35.8 Å². The van der Waals surface area contributed by atoms with Crippen molar-refractivity contribution in [3.63, 3.8) is 0 Å². The molecule has 5 heteroatoms. The first-order valence-corrected chi connectivity index (χ1v) is 8.79. The van der Waals surface area contributed by atoms with E-state index in [-0.39, 0.29) is 18.3 Å². The molecule has 23 heavy (non-hydrogen) atoms. The van der Waals surface area contributed by atoms with Crippen LogP contribution < -0.4 is 10.6 Å². The van der Waals surface area contributed by atoms with Gasteiger partial charge in [-0.25, -0.2) is 0 Å². The lowest BCUT2D eigenvalue weighted by molar-refractivity contribution is 0.0954. The van der Waals surface area contributed by atoms with Gasteiger partial charge in [-0.15, -0.1) is 12.4 Å². The molecule has 0 atom stereocenters. The highest BCUT2D eigenvalue weighted by molar-refractivity contribution is 7.98. The van der Waals surface area contributed by atoms with Crippen LogP contribution >= 0.6 is 24.2 Å². The van der Waals surface area contributed by atoms with Gasteiger partial charge in [0.25, 0.3) is 5.91 Å². The molecule has 0 aromatic heterocycles. The maximum absolute atomic E-state index is 12.2. The molecule has 0 aliphatic carbocycles. The van der Waals surface area contributed by atoms with Crippen molar-refractivity contribution < 1.29 is 4.79 Å². The number of hydrogen-bond donors (Lipinski definition) is 2. The van der Waals surface area contributed by atoms with Gasteiger partial charge in [0.05, 0.1) is 0 Å². The SMILES string of the molecule is CNc1ccc(-c2cccc(C(=O)NCCCSC)c2)cc1.Cl. The first kappa shape index (κ1) is 19.4. The molecule has 2 rings (SSSR count). The van der Waals surface area contributed by atoms with E-state index in [1.165, 1.54) is 0 Å². The normalized spacial score (nSPS) is 9.83. The van der Waals surface area contributed by atoms with E-state index in [2.05, 4.69) is 29.0 Å². The minimum atomic E-state index is -0.00482. The van der Waals surface area contributed by atoms with E-state index in [1.807, 2.05) is 43.4 Å². The standard InChI is InChI=1S/C18H22N2OS.ClH/c1-19-17-9-7-14(8-10-17)15-5-3-6-16(13-15)18(21)20-11-4-12-22-2;/h3,5-10,13,19H,4,11-12H2,1-2H3,(H,20,21);1H. The Morgan fingerprint density at radius 2 is 1.83 bits per heavy atom. The van der Waals surface area contributed by atoms with Crippen LogP contribution in [0.2, 0.25) is 0 Å². The Bertz CT molecular complexity index is 617. The van der Waals surface area contributed by atoms with Gasteiger partial charge in [-0.05, 0) is 53.8 Å². The molecule has 124 valence electrons. The summed E-state index contributed by atoms with van der Waals surface area (Å²) in [7, 11) is 1.90. The Hall–Kier alpha value is -1.65. The summed E-state index contributed by atoms with van der Waals surface area (Å²) in [5, 5.41) is 6.07. The second kappa shape index (κ2) is 10.2. The van der Waals surface area contributed by atoms with Gasteiger partial charge in [-0.3, -0.25) is 4.79 Å². The average Bonchev–Trinajstić information content (AvgIpc) is 2.59. The first-order chi connectivity index (χ1) is 10.7. The van der Waals surface area contributed by atoms with Crippen molar-refractivity contribution in [1.82, 2.24) is 5.32 Å². The third-order valence-corrected chi connectivity index (χ3v) is 4.14. The molecule has 1 amide bonds. The molecule has 0 aliphatic rings. The van der Waals surface area contributed by atoms with Crippen LogP contribution in [0.25, 0.3) is 11.1 Å². The van der Waals surface area contributed by atoms with Crippen LogP contribution in [0.5, 0.6) is 0 Å². The highest BCUT2D eigenvalue weighted by Gasteiger charge is 2.06. The van der Waals surface area contributed by atoms with E-state index < -0.39 is 0 Å². The highest BCUT2D eigenvalue weighted by Crippen LogP contribution is 2.22. The zero-order valence-electron chi connectivity index (χ0n) is 13.5. The molecule has 0 fully saturated rings. The van der Waals surface area contributed by atoms with Crippen LogP contribution in [-0.2, 0) is 0 Å². The van der Waals surface area contributed by atoms with Crippen molar-refractivity contribution in [2.24, 2.45) is 0 Å². The van der Waals surface area contributed by atoms with Gasteiger partial charge in [0.15, 0.2) is 0 Å². The summed E-state index contributed by atoms with van der Waals surface area (Å²) in [5.74, 6) is 1.06. The summed E-state index contributed by atoms with van der Waals surface area (Å²) in [5.41, 5.74) is 3.95. The molecule has 3 nitrogen and oxygen atoms in total. The third kappa shape index (κ3) is 5.81. The van der Waals surface area contributed by atoms with Gasteiger partial charge >= 0.3 is 0 Å². The zero-order valence-corrected chi connectivity index (χ0v) is 15.1. The van der Waals surface area contributed by atoms with Crippen molar-refractivity contribution in [2.75, 3.05) is 30.9 Å². The Morgan fingerprint density at radius 3 is 2.48 bits per heavy atom. The predicted molar refractivity (Wildman–Crippen MR) is 104 cm³/mol. The fraction of sp³-hybridized carbons (Fsp3) is 0.278. The first-order valence-electron chi connectivity index (χ1n) is 7.40. The van der Waals surface area contributed by atoms with Crippen molar-refractivity contribution in [3.8, 4) is 11.1 Å². The number of carbonyl (C=O) groups excluding carboxylic acids is 1. The Balaban J connectivity index is 0.00000264. The maximum atomic E-state index is 12.2. The van der Waals surface area contributed by atoms with Crippen molar-refractivity contribution in [1.29, 1.82) is 0 Å². The highest BCUT2D eigenvalue weighted by atomic mass is 35.5. The molecule has 0 radical (unpaired) electrons. The fourth-order valence-corrected chi connectivity index (χ4v) is 2.62. The third-order valence-electron chi connectivity index (χ3n) is 3.44. The number of rotatable bonds is 7. The molecule has 0 aliphatic heterocycles. The Morgan fingerprint density at radius 1 is 1.09 bits per heavy atom. The minimum Gasteiger partial charge on any atom is -0.388 e. The van der Waals surface area contributed by atoms with Crippen LogP contribution in [0.4, 0.5) is 5.69 Å². The maximum Gasteiger partial charge on any atom is 0.251 e. The molecule has 2 aromatic carbocycles. The van der Waals surface area contributed by atoms with Crippen LogP contribution in [-0.4, -0.2) is 31.5 Å². The minimum absolute atomic E-state index is 0. The van der Waals surface area contributed by atoms with Gasteiger partial charge < -0.3 is 10.6 Å². The average molecular weight is 351 g/mol. The summed E-state index contributed by atoms with van der Waals surface area (Å²) in [6.07, 6.45) is 3.07. The molecule has 0 unspecified atom stereocenters. The summed E-state index contributed by atoms with van der Waals surface area (Å²) >= 11 is 1.80. The topological polar surface area (TPSA) is 41.1 Å². The largest absolute Gasteiger partial charge is 0.388 e. The number of thioether (sulfide) groups is 1. The molecule has 2 aromatic rings. The van der Waals surface area contributed by atoms with E-state index in [1.54, 1.807) is 11.8 Å². The monoisotopic (exact) mass is 350 g/mol. The van der Waals surface area contributed by atoms with Gasteiger partial charge in [-0.1, -0.05) is 24.3 Å². The second-order valence-corrected chi connectivity index (χ2v) is 6.00.